The lowest BCUT2D eigenvalue weighted by Gasteiger charge is -2.28. The number of H-pyrrole nitrogens is 1. The summed E-state index contributed by atoms with van der Waals surface area (Å²) in [6.45, 7) is 3.28. The number of carbonyl (C=O) groups excluding carboxylic acids is 1. The minimum atomic E-state index is -0.337. The zero-order valence-corrected chi connectivity index (χ0v) is 14.8. The van der Waals surface area contributed by atoms with Crippen LogP contribution in [0, 0.1) is 0 Å². The summed E-state index contributed by atoms with van der Waals surface area (Å²) in [6.07, 6.45) is 0. The van der Waals surface area contributed by atoms with Crippen LogP contribution >= 0.6 is 0 Å². The number of anilines is 1. The number of nitrogens with one attached hydrogen (secondary N) is 2. The van der Waals surface area contributed by atoms with Gasteiger partial charge in [-0.3, -0.25) is 9.59 Å². The van der Waals surface area contributed by atoms with Gasteiger partial charge in [0.25, 0.3) is 11.5 Å². The number of pyridine rings is 2. The summed E-state index contributed by atoms with van der Waals surface area (Å²) in [5.41, 5.74) is 0.726. The smallest absolute Gasteiger partial charge is 0.268 e. The molecule has 0 saturated carbocycles. The van der Waals surface area contributed by atoms with Crippen LogP contribution in [0.3, 0.4) is 0 Å². The van der Waals surface area contributed by atoms with Gasteiger partial charge in [0.2, 0.25) is 0 Å². The summed E-state index contributed by atoms with van der Waals surface area (Å²) < 4.78 is 5.36. The molecule has 0 atom stereocenters. The first kappa shape index (κ1) is 17.2. The molecule has 0 aliphatic carbocycles. The molecule has 7 nitrogen and oxygen atoms in total. The number of rotatable bonds is 4. The lowest BCUT2D eigenvalue weighted by Crippen LogP contribution is -2.37. The first-order valence-corrected chi connectivity index (χ1v) is 8.89. The molecule has 1 amide bonds. The van der Waals surface area contributed by atoms with Crippen LogP contribution in [-0.4, -0.2) is 42.2 Å². The highest BCUT2D eigenvalue weighted by Crippen LogP contribution is 2.13. The Balaban J connectivity index is 1.47. The van der Waals surface area contributed by atoms with E-state index in [9.17, 15) is 9.59 Å². The van der Waals surface area contributed by atoms with Crippen LogP contribution in [0.1, 0.15) is 16.2 Å². The summed E-state index contributed by atoms with van der Waals surface area (Å²) in [7, 11) is 0. The highest BCUT2D eigenvalue weighted by Gasteiger charge is 2.13. The number of aromatic nitrogens is 2. The molecule has 0 radical (unpaired) electrons. The predicted octanol–water partition coefficient (Wildman–Crippen LogP) is 1.69. The number of carbonyl (C=O) groups is 1. The molecule has 2 aromatic heterocycles. The summed E-state index contributed by atoms with van der Waals surface area (Å²) in [5.74, 6) is 0.542. The number of nitrogens with zero attached hydrogens (tertiary/aromatic N) is 2. The first-order chi connectivity index (χ1) is 13.2. The lowest BCUT2D eigenvalue weighted by molar-refractivity contribution is 0.0945. The van der Waals surface area contributed by atoms with E-state index in [-0.39, 0.29) is 23.7 Å². The average molecular weight is 364 g/mol. The summed E-state index contributed by atoms with van der Waals surface area (Å²) >= 11 is 0. The van der Waals surface area contributed by atoms with Crippen LogP contribution in [0.25, 0.3) is 10.8 Å². The molecule has 1 aliphatic heterocycles. The highest BCUT2D eigenvalue weighted by atomic mass is 16.5. The van der Waals surface area contributed by atoms with E-state index in [4.69, 9.17) is 4.74 Å². The Morgan fingerprint density at radius 3 is 2.81 bits per heavy atom. The van der Waals surface area contributed by atoms with Gasteiger partial charge < -0.3 is 19.9 Å². The molecular weight excluding hydrogens is 344 g/mol. The molecule has 1 aliphatic rings. The Morgan fingerprint density at radius 2 is 1.96 bits per heavy atom. The second-order valence-corrected chi connectivity index (χ2v) is 6.37. The molecule has 1 aromatic carbocycles. The lowest BCUT2D eigenvalue weighted by atomic mass is 10.1. The Morgan fingerprint density at radius 1 is 1.15 bits per heavy atom. The monoisotopic (exact) mass is 364 g/mol. The highest BCUT2D eigenvalue weighted by molar-refractivity contribution is 5.96. The van der Waals surface area contributed by atoms with Gasteiger partial charge >= 0.3 is 0 Å². The molecule has 2 N–H and O–H groups in total. The molecule has 1 fully saturated rings. The number of amides is 1. The van der Waals surface area contributed by atoms with E-state index >= 15 is 0 Å². The number of aromatic amines is 1. The molecule has 0 unspecified atom stereocenters. The van der Waals surface area contributed by atoms with Gasteiger partial charge in [0.1, 0.15) is 11.5 Å². The minimum Gasteiger partial charge on any atom is -0.378 e. The molecule has 0 bridgehead atoms. The standard InChI is InChI=1S/C20H20N4O3/c25-19-16-6-2-1-4-14(16)12-17(23-19)20(26)21-13-15-5-3-7-18(22-15)24-8-10-27-11-9-24/h1-7,12H,8-11,13H2,(H,21,26)(H,23,25). The second-order valence-electron chi connectivity index (χ2n) is 6.37. The van der Waals surface area contributed by atoms with E-state index < -0.39 is 0 Å². The fourth-order valence-electron chi connectivity index (χ4n) is 3.13. The van der Waals surface area contributed by atoms with Crippen molar-refractivity contribution in [3.05, 3.63) is 70.3 Å². The van der Waals surface area contributed by atoms with Crippen LogP contribution in [0.2, 0.25) is 0 Å². The van der Waals surface area contributed by atoms with Gasteiger partial charge in [0, 0.05) is 18.5 Å². The topological polar surface area (TPSA) is 87.3 Å². The van der Waals surface area contributed by atoms with E-state index in [1.165, 1.54) is 0 Å². The molecule has 0 spiro atoms. The van der Waals surface area contributed by atoms with Crippen LogP contribution in [-0.2, 0) is 11.3 Å². The van der Waals surface area contributed by atoms with Gasteiger partial charge in [-0.1, -0.05) is 24.3 Å². The van der Waals surface area contributed by atoms with Crippen LogP contribution in [0.15, 0.2) is 53.3 Å². The largest absolute Gasteiger partial charge is 0.378 e. The summed E-state index contributed by atoms with van der Waals surface area (Å²) in [4.78, 5) is 34.0. The predicted molar refractivity (Wildman–Crippen MR) is 103 cm³/mol. The van der Waals surface area contributed by atoms with E-state index in [1.54, 1.807) is 18.2 Å². The molecule has 1 saturated heterocycles. The normalized spacial score (nSPS) is 14.3. The van der Waals surface area contributed by atoms with Crippen LogP contribution in [0.4, 0.5) is 5.82 Å². The minimum absolute atomic E-state index is 0.239. The number of morpholine rings is 1. The maximum atomic E-state index is 12.5. The Kier molecular flexibility index (Phi) is 4.84. The average Bonchev–Trinajstić information content (AvgIpc) is 2.73. The molecule has 3 heterocycles. The molecular formula is C20H20N4O3. The third-order valence-electron chi connectivity index (χ3n) is 4.56. The number of hydrogen-bond donors (Lipinski definition) is 2. The van der Waals surface area contributed by atoms with Crippen LogP contribution in [0.5, 0.6) is 0 Å². The number of hydrogen-bond acceptors (Lipinski definition) is 5. The van der Waals surface area contributed by atoms with Crippen molar-refractivity contribution in [2.45, 2.75) is 6.54 Å². The van der Waals surface area contributed by atoms with Gasteiger partial charge in [-0.15, -0.1) is 0 Å². The number of benzene rings is 1. The zero-order chi connectivity index (χ0) is 18.6. The number of fused-ring (bicyclic) bond motifs is 1. The molecule has 27 heavy (non-hydrogen) atoms. The molecule has 3 aromatic rings. The summed E-state index contributed by atoms with van der Waals surface area (Å²) in [6, 6.07) is 14.6. The van der Waals surface area contributed by atoms with Crippen LogP contribution < -0.4 is 15.8 Å². The van der Waals surface area contributed by atoms with Gasteiger partial charge in [0.15, 0.2) is 0 Å². The van der Waals surface area contributed by atoms with Gasteiger partial charge in [-0.2, -0.15) is 0 Å². The molecule has 138 valence electrons. The van der Waals surface area contributed by atoms with Crippen molar-refractivity contribution in [3.8, 4) is 0 Å². The third-order valence-corrected chi connectivity index (χ3v) is 4.56. The van der Waals surface area contributed by atoms with Crippen molar-refractivity contribution in [2.75, 3.05) is 31.2 Å². The van der Waals surface area contributed by atoms with Gasteiger partial charge in [0.05, 0.1) is 25.5 Å². The quantitative estimate of drug-likeness (QED) is 0.736. The van der Waals surface area contributed by atoms with Crippen molar-refractivity contribution in [1.29, 1.82) is 0 Å². The maximum Gasteiger partial charge on any atom is 0.268 e. The van der Waals surface area contributed by atoms with E-state index in [1.807, 2.05) is 30.3 Å². The Bertz CT molecular complexity index is 1020. The molecule has 7 heteroatoms. The van der Waals surface area contributed by atoms with Crippen molar-refractivity contribution in [2.24, 2.45) is 0 Å². The van der Waals surface area contributed by atoms with Gasteiger partial charge in [-0.05, 0) is 29.7 Å². The fraction of sp³-hybridized carbons (Fsp3) is 0.250. The molecule has 4 rings (SSSR count). The van der Waals surface area contributed by atoms with Crippen molar-refractivity contribution < 1.29 is 9.53 Å². The fourth-order valence-corrected chi connectivity index (χ4v) is 3.13. The SMILES string of the molecule is O=C(NCc1cccc(N2CCOCC2)n1)c1cc2ccccc2c(=O)[nH]1. The van der Waals surface area contributed by atoms with Crippen molar-refractivity contribution >= 4 is 22.5 Å². The summed E-state index contributed by atoms with van der Waals surface area (Å²) in [5, 5.41) is 4.12. The Hall–Kier alpha value is -3.19. The van der Waals surface area contributed by atoms with Crippen molar-refractivity contribution in [1.82, 2.24) is 15.3 Å². The Labute approximate surface area is 156 Å². The third kappa shape index (κ3) is 3.83. The van der Waals surface area contributed by atoms with E-state index in [2.05, 4.69) is 20.2 Å². The number of ether oxygens (including phenoxy) is 1. The maximum absolute atomic E-state index is 12.5. The van der Waals surface area contributed by atoms with Crippen molar-refractivity contribution in [3.63, 3.8) is 0 Å². The zero-order valence-electron chi connectivity index (χ0n) is 14.8. The van der Waals surface area contributed by atoms with E-state index in [0.717, 1.165) is 30.0 Å². The van der Waals surface area contributed by atoms with E-state index in [0.29, 0.717) is 18.6 Å². The first-order valence-electron chi connectivity index (χ1n) is 8.89. The van der Waals surface area contributed by atoms with Gasteiger partial charge in [-0.25, -0.2) is 4.98 Å². The second kappa shape index (κ2) is 7.59.